The van der Waals surface area contributed by atoms with Crippen LogP contribution < -0.4 is 4.74 Å². The topological polar surface area (TPSA) is 68.2 Å². The maximum Gasteiger partial charge on any atom is 0.257 e. The SMILES string of the molecule is C=CCN(Cc1ccccc1OC)C(=O)c1cnc(-c2ccccn2)nc1. The van der Waals surface area contributed by atoms with Crippen molar-refractivity contribution < 1.29 is 9.53 Å². The Morgan fingerprint density at radius 3 is 2.52 bits per heavy atom. The van der Waals surface area contributed by atoms with Crippen molar-refractivity contribution in [2.24, 2.45) is 0 Å². The lowest BCUT2D eigenvalue weighted by Crippen LogP contribution is -2.31. The third-order valence-corrected chi connectivity index (χ3v) is 3.98. The van der Waals surface area contributed by atoms with E-state index < -0.39 is 0 Å². The van der Waals surface area contributed by atoms with Gasteiger partial charge in [-0.15, -0.1) is 6.58 Å². The van der Waals surface area contributed by atoms with E-state index in [-0.39, 0.29) is 5.91 Å². The molecular formula is C21H20N4O2. The molecule has 27 heavy (non-hydrogen) atoms. The number of hydrogen-bond donors (Lipinski definition) is 0. The van der Waals surface area contributed by atoms with E-state index >= 15 is 0 Å². The van der Waals surface area contributed by atoms with Gasteiger partial charge < -0.3 is 9.64 Å². The van der Waals surface area contributed by atoms with Crippen molar-refractivity contribution in [2.45, 2.75) is 6.54 Å². The van der Waals surface area contributed by atoms with Crippen LogP contribution in [0.15, 0.2) is 73.7 Å². The third kappa shape index (κ3) is 4.36. The van der Waals surface area contributed by atoms with Gasteiger partial charge in [0, 0.05) is 37.2 Å². The van der Waals surface area contributed by atoms with Gasteiger partial charge in [-0.05, 0) is 18.2 Å². The number of amides is 1. The zero-order valence-electron chi connectivity index (χ0n) is 15.1. The van der Waals surface area contributed by atoms with Gasteiger partial charge in [-0.25, -0.2) is 9.97 Å². The molecule has 0 atom stereocenters. The van der Waals surface area contributed by atoms with Crippen molar-refractivity contribution in [3.8, 4) is 17.3 Å². The largest absolute Gasteiger partial charge is 0.496 e. The van der Waals surface area contributed by atoms with Crippen LogP contribution in [-0.4, -0.2) is 39.4 Å². The molecule has 1 aromatic carbocycles. The van der Waals surface area contributed by atoms with E-state index in [1.165, 1.54) is 12.4 Å². The Bertz CT molecular complexity index is 911. The highest BCUT2D eigenvalue weighted by molar-refractivity contribution is 5.93. The molecule has 2 aromatic heterocycles. The van der Waals surface area contributed by atoms with Crippen LogP contribution in [-0.2, 0) is 6.54 Å². The second kappa shape index (κ2) is 8.71. The number of carbonyl (C=O) groups excluding carboxylic acids is 1. The molecule has 1 amide bonds. The first-order valence-electron chi connectivity index (χ1n) is 8.48. The molecule has 6 nitrogen and oxygen atoms in total. The summed E-state index contributed by atoms with van der Waals surface area (Å²) in [4.78, 5) is 27.4. The first kappa shape index (κ1) is 18.3. The van der Waals surface area contributed by atoms with Gasteiger partial charge >= 0.3 is 0 Å². The molecule has 0 saturated heterocycles. The summed E-state index contributed by atoms with van der Waals surface area (Å²) in [6.07, 6.45) is 6.42. The molecule has 0 bridgehead atoms. The summed E-state index contributed by atoms with van der Waals surface area (Å²) in [5.41, 5.74) is 1.99. The molecule has 0 saturated carbocycles. The first-order valence-corrected chi connectivity index (χ1v) is 8.48. The van der Waals surface area contributed by atoms with Crippen LogP contribution in [0.5, 0.6) is 5.75 Å². The van der Waals surface area contributed by atoms with E-state index in [1.54, 1.807) is 24.3 Å². The monoisotopic (exact) mass is 360 g/mol. The van der Waals surface area contributed by atoms with Crippen LogP contribution in [0.4, 0.5) is 0 Å². The Kier molecular flexibility index (Phi) is 5.89. The van der Waals surface area contributed by atoms with Crippen molar-refractivity contribution in [1.29, 1.82) is 0 Å². The van der Waals surface area contributed by atoms with Crippen molar-refractivity contribution >= 4 is 5.91 Å². The van der Waals surface area contributed by atoms with Gasteiger partial charge in [-0.2, -0.15) is 0 Å². The number of ether oxygens (including phenoxy) is 1. The number of carbonyl (C=O) groups is 1. The van der Waals surface area contributed by atoms with Gasteiger partial charge in [0.25, 0.3) is 5.91 Å². The predicted molar refractivity (Wildman–Crippen MR) is 103 cm³/mol. The highest BCUT2D eigenvalue weighted by Crippen LogP contribution is 2.20. The molecule has 0 unspecified atom stereocenters. The number of hydrogen-bond acceptors (Lipinski definition) is 5. The van der Waals surface area contributed by atoms with Gasteiger partial charge in [0.1, 0.15) is 11.4 Å². The van der Waals surface area contributed by atoms with E-state index in [0.29, 0.717) is 30.2 Å². The number of para-hydroxylation sites is 1. The lowest BCUT2D eigenvalue weighted by molar-refractivity contribution is 0.0761. The quantitative estimate of drug-likeness (QED) is 0.604. The fourth-order valence-electron chi connectivity index (χ4n) is 2.66. The van der Waals surface area contributed by atoms with Crippen LogP contribution >= 0.6 is 0 Å². The van der Waals surface area contributed by atoms with Crippen LogP contribution in [0.25, 0.3) is 11.5 Å². The molecule has 0 N–H and O–H groups in total. The minimum Gasteiger partial charge on any atom is -0.496 e. The molecular weight excluding hydrogens is 340 g/mol. The van der Waals surface area contributed by atoms with E-state index in [0.717, 1.165) is 11.3 Å². The van der Waals surface area contributed by atoms with Crippen LogP contribution in [0.3, 0.4) is 0 Å². The summed E-state index contributed by atoms with van der Waals surface area (Å²) in [7, 11) is 1.61. The van der Waals surface area contributed by atoms with E-state index in [1.807, 2.05) is 42.5 Å². The second-order valence-corrected chi connectivity index (χ2v) is 5.80. The Morgan fingerprint density at radius 2 is 1.85 bits per heavy atom. The number of rotatable bonds is 7. The minimum absolute atomic E-state index is 0.173. The van der Waals surface area contributed by atoms with Crippen molar-refractivity contribution in [1.82, 2.24) is 19.9 Å². The molecule has 2 heterocycles. The number of nitrogens with zero attached hydrogens (tertiary/aromatic N) is 4. The zero-order chi connectivity index (χ0) is 19.1. The molecule has 0 aliphatic carbocycles. The molecule has 0 aliphatic heterocycles. The Labute approximate surface area is 158 Å². The summed E-state index contributed by atoms with van der Waals surface area (Å²) < 4.78 is 5.38. The van der Waals surface area contributed by atoms with Gasteiger partial charge in [0.15, 0.2) is 5.82 Å². The predicted octanol–water partition coefficient (Wildman–Crippen LogP) is 3.38. The summed E-state index contributed by atoms with van der Waals surface area (Å²) in [5.74, 6) is 1.04. The molecule has 0 fully saturated rings. The summed E-state index contributed by atoms with van der Waals surface area (Å²) in [6.45, 7) is 4.55. The van der Waals surface area contributed by atoms with Crippen LogP contribution in [0, 0.1) is 0 Å². The maximum atomic E-state index is 12.9. The lowest BCUT2D eigenvalue weighted by atomic mass is 10.1. The molecule has 6 heteroatoms. The van der Waals surface area contributed by atoms with E-state index in [4.69, 9.17) is 4.74 Å². The highest BCUT2D eigenvalue weighted by atomic mass is 16.5. The highest BCUT2D eigenvalue weighted by Gasteiger charge is 2.18. The third-order valence-electron chi connectivity index (χ3n) is 3.98. The van der Waals surface area contributed by atoms with Gasteiger partial charge in [0.05, 0.1) is 12.7 Å². The molecule has 0 radical (unpaired) electrons. The Balaban J connectivity index is 1.81. The molecule has 136 valence electrons. The smallest absolute Gasteiger partial charge is 0.257 e. The average Bonchev–Trinajstić information content (AvgIpc) is 2.74. The first-order chi connectivity index (χ1) is 13.2. The van der Waals surface area contributed by atoms with Gasteiger partial charge in [-0.1, -0.05) is 30.3 Å². The number of pyridine rings is 1. The fourth-order valence-corrected chi connectivity index (χ4v) is 2.66. The number of benzene rings is 1. The van der Waals surface area contributed by atoms with Gasteiger partial charge in [0.2, 0.25) is 0 Å². The summed E-state index contributed by atoms with van der Waals surface area (Å²) >= 11 is 0. The van der Waals surface area contributed by atoms with Crippen LogP contribution in [0.1, 0.15) is 15.9 Å². The standard InChI is InChI=1S/C21H20N4O2/c1-3-12-25(15-16-8-4-5-10-19(16)27-2)21(26)17-13-23-20(24-14-17)18-9-6-7-11-22-18/h3-11,13-14H,1,12,15H2,2H3. The minimum atomic E-state index is -0.173. The normalized spacial score (nSPS) is 10.3. The lowest BCUT2D eigenvalue weighted by Gasteiger charge is -2.22. The molecule has 0 aliphatic rings. The van der Waals surface area contributed by atoms with Crippen molar-refractivity contribution in [3.05, 3.63) is 84.8 Å². The van der Waals surface area contributed by atoms with E-state index in [2.05, 4.69) is 21.5 Å². The Hall–Kier alpha value is -3.54. The second-order valence-electron chi connectivity index (χ2n) is 5.80. The Morgan fingerprint density at radius 1 is 1.11 bits per heavy atom. The zero-order valence-corrected chi connectivity index (χ0v) is 15.1. The van der Waals surface area contributed by atoms with Crippen molar-refractivity contribution in [3.63, 3.8) is 0 Å². The average molecular weight is 360 g/mol. The number of aromatic nitrogens is 3. The van der Waals surface area contributed by atoms with Gasteiger partial charge in [-0.3, -0.25) is 9.78 Å². The maximum absolute atomic E-state index is 12.9. The number of methoxy groups -OCH3 is 1. The van der Waals surface area contributed by atoms with Crippen molar-refractivity contribution in [2.75, 3.05) is 13.7 Å². The fraction of sp³-hybridized carbons (Fsp3) is 0.143. The molecule has 0 spiro atoms. The molecule has 3 aromatic rings. The van der Waals surface area contributed by atoms with Crippen LogP contribution in [0.2, 0.25) is 0 Å². The summed E-state index contributed by atoms with van der Waals surface area (Å²) in [5, 5.41) is 0. The van der Waals surface area contributed by atoms with E-state index in [9.17, 15) is 4.79 Å². The molecule has 3 rings (SSSR count). The summed E-state index contributed by atoms with van der Waals surface area (Å²) in [6, 6.07) is 13.1.